The first-order valence-electron chi connectivity index (χ1n) is 9.03. The van der Waals surface area contributed by atoms with Gasteiger partial charge in [-0.25, -0.2) is 4.79 Å². The van der Waals surface area contributed by atoms with E-state index < -0.39 is 17.5 Å². The minimum atomic E-state index is -1.15. The molecule has 1 atom stereocenters. The SMILES string of the molecule is C[C@]1(c2ccccc2)NC(=O)N(CC(=O)N2CCc3ccccc3C2)C1=O. The maximum atomic E-state index is 12.9. The van der Waals surface area contributed by atoms with Gasteiger partial charge < -0.3 is 10.2 Å². The van der Waals surface area contributed by atoms with Gasteiger partial charge in [-0.1, -0.05) is 54.6 Å². The van der Waals surface area contributed by atoms with Gasteiger partial charge >= 0.3 is 6.03 Å². The Labute approximate surface area is 157 Å². The first kappa shape index (κ1) is 17.3. The highest BCUT2D eigenvalue weighted by molar-refractivity contribution is 6.09. The molecule has 0 saturated carbocycles. The maximum absolute atomic E-state index is 12.9. The van der Waals surface area contributed by atoms with Crippen LogP contribution in [0.3, 0.4) is 0 Å². The number of urea groups is 1. The average Bonchev–Trinajstić information content (AvgIpc) is 2.92. The Hall–Kier alpha value is -3.15. The molecule has 1 saturated heterocycles. The Morgan fingerprint density at radius 1 is 1.04 bits per heavy atom. The Morgan fingerprint density at radius 3 is 2.44 bits per heavy atom. The van der Waals surface area contributed by atoms with Gasteiger partial charge in [-0.15, -0.1) is 0 Å². The average molecular weight is 363 g/mol. The summed E-state index contributed by atoms with van der Waals surface area (Å²) in [6.07, 6.45) is 0.782. The zero-order valence-electron chi connectivity index (χ0n) is 15.1. The zero-order valence-corrected chi connectivity index (χ0v) is 15.1. The largest absolute Gasteiger partial charge is 0.336 e. The van der Waals surface area contributed by atoms with Crippen LogP contribution >= 0.6 is 0 Å². The molecule has 1 N–H and O–H groups in total. The van der Waals surface area contributed by atoms with Crippen molar-refractivity contribution in [1.82, 2.24) is 15.1 Å². The van der Waals surface area contributed by atoms with Crippen molar-refractivity contribution in [3.63, 3.8) is 0 Å². The Bertz CT molecular complexity index is 912. The van der Waals surface area contributed by atoms with Crippen LogP contribution in [0.15, 0.2) is 54.6 Å². The molecule has 4 amide bonds. The van der Waals surface area contributed by atoms with Gasteiger partial charge in [-0.3, -0.25) is 14.5 Å². The second kappa shape index (κ2) is 6.54. The standard InChI is InChI=1S/C21H21N3O3/c1-21(17-9-3-2-4-10-17)19(26)24(20(27)22-21)14-18(25)23-12-11-15-7-5-6-8-16(15)13-23/h2-10H,11-14H2,1H3,(H,22,27)/t21-/m1/s1. The van der Waals surface area contributed by atoms with E-state index in [1.807, 2.05) is 36.4 Å². The lowest BCUT2D eigenvalue weighted by molar-refractivity contribution is -0.139. The highest BCUT2D eigenvalue weighted by atomic mass is 16.2. The summed E-state index contributed by atoms with van der Waals surface area (Å²) in [4.78, 5) is 40.8. The smallest absolute Gasteiger partial charge is 0.325 e. The molecule has 2 aliphatic rings. The number of rotatable bonds is 3. The molecule has 138 valence electrons. The number of nitrogens with zero attached hydrogens (tertiary/aromatic N) is 2. The molecule has 6 nitrogen and oxygen atoms in total. The van der Waals surface area contributed by atoms with Crippen LogP contribution in [0.4, 0.5) is 4.79 Å². The lowest BCUT2D eigenvalue weighted by Crippen LogP contribution is -2.45. The summed E-state index contributed by atoms with van der Waals surface area (Å²) in [7, 11) is 0. The molecular weight excluding hydrogens is 342 g/mol. The normalized spacial score (nSPS) is 21.8. The van der Waals surface area contributed by atoms with E-state index in [-0.39, 0.29) is 12.5 Å². The van der Waals surface area contributed by atoms with E-state index in [0.717, 1.165) is 16.9 Å². The monoisotopic (exact) mass is 363 g/mol. The molecule has 6 heteroatoms. The Kier molecular flexibility index (Phi) is 4.18. The fraction of sp³-hybridized carbons (Fsp3) is 0.286. The first-order valence-corrected chi connectivity index (χ1v) is 9.03. The van der Waals surface area contributed by atoms with Gasteiger partial charge in [0.1, 0.15) is 12.1 Å². The number of carbonyl (C=O) groups is 3. The van der Waals surface area contributed by atoms with Crippen molar-refractivity contribution < 1.29 is 14.4 Å². The molecule has 0 unspecified atom stereocenters. The summed E-state index contributed by atoms with van der Waals surface area (Å²) < 4.78 is 0. The second-order valence-electron chi connectivity index (χ2n) is 7.15. The van der Waals surface area contributed by atoms with E-state index in [1.54, 1.807) is 24.0 Å². The summed E-state index contributed by atoms with van der Waals surface area (Å²) in [5.74, 6) is -0.616. The highest BCUT2D eigenvalue weighted by Gasteiger charge is 2.49. The van der Waals surface area contributed by atoms with Crippen molar-refractivity contribution in [3.8, 4) is 0 Å². The summed E-state index contributed by atoms with van der Waals surface area (Å²) in [6.45, 7) is 2.53. The van der Waals surface area contributed by atoms with Crippen molar-refractivity contribution >= 4 is 17.8 Å². The molecule has 1 fully saturated rings. The topological polar surface area (TPSA) is 69.7 Å². The van der Waals surface area contributed by atoms with Crippen LogP contribution < -0.4 is 5.32 Å². The Morgan fingerprint density at radius 2 is 1.70 bits per heavy atom. The molecule has 0 aliphatic carbocycles. The van der Waals surface area contributed by atoms with Crippen LogP contribution in [0.5, 0.6) is 0 Å². The number of imide groups is 1. The molecule has 2 aliphatic heterocycles. The van der Waals surface area contributed by atoms with Crippen molar-refractivity contribution in [1.29, 1.82) is 0 Å². The van der Waals surface area contributed by atoms with Crippen LogP contribution in [0, 0.1) is 0 Å². The highest BCUT2D eigenvalue weighted by Crippen LogP contribution is 2.28. The van der Waals surface area contributed by atoms with Gasteiger partial charge in [0, 0.05) is 13.1 Å². The van der Waals surface area contributed by atoms with Gasteiger partial charge in [0.05, 0.1) is 0 Å². The molecule has 0 aromatic heterocycles. The molecule has 2 aromatic carbocycles. The van der Waals surface area contributed by atoms with Crippen LogP contribution in [-0.4, -0.2) is 40.7 Å². The molecule has 2 heterocycles. The van der Waals surface area contributed by atoms with Crippen molar-refractivity contribution in [2.45, 2.75) is 25.4 Å². The molecule has 27 heavy (non-hydrogen) atoms. The van der Waals surface area contributed by atoms with Crippen molar-refractivity contribution in [2.24, 2.45) is 0 Å². The number of benzene rings is 2. The van der Waals surface area contributed by atoms with Gasteiger partial charge in [0.2, 0.25) is 5.91 Å². The van der Waals surface area contributed by atoms with Crippen LogP contribution in [0.1, 0.15) is 23.6 Å². The molecule has 4 rings (SSSR count). The quantitative estimate of drug-likeness (QED) is 0.849. The van der Waals surface area contributed by atoms with E-state index >= 15 is 0 Å². The number of fused-ring (bicyclic) bond motifs is 1. The van der Waals surface area contributed by atoms with Crippen LogP contribution in [0.25, 0.3) is 0 Å². The summed E-state index contributed by atoms with van der Waals surface area (Å²) in [5.41, 5.74) is 1.91. The number of hydrogen-bond donors (Lipinski definition) is 1. The lowest BCUT2D eigenvalue weighted by Gasteiger charge is -2.30. The van der Waals surface area contributed by atoms with E-state index in [0.29, 0.717) is 18.7 Å². The third kappa shape index (κ3) is 2.97. The lowest BCUT2D eigenvalue weighted by atomic mass is 9.92. The van der Waals surface area contributed by atoms with Crippen LogP contribution in [0.2, 0.25) is 0 Å². The number of nitrogens with one attached hydrogen (secondary N) is 1. The predicted molar refractivity (Wildman–Crippen MR) is 99.6 cm³/mol. The van der Waals surface area contributed by atoms with E-state index in [4.69, 9.17) is 0 Å². The van der Waals surface area contributed by atoms with E-state index in [2.05, 4.69) is 11.4 Å². The summed E-state index contributed by atoms with van der Waals surface area (Å²) >= 11 is 0. The second-order valence-corrected chi connectivity index (χ2v) is 7.15. The fourth-order valence-electron chi connectivity index (χ4n) is 3.75. The summed E-state index contributed by atoms with van der Waals surface area (Å²) in [6, 6.07) is 16.6. The van der Waals surface area contributed by atoms with Gasteiger partial charge in [-0.2, -0.15) is 0 Å². The zero-order chi connectivity index (χ0) is 19.0. The van der Waals surface area contributed by atoms with Crippen molar-refractivity contribution in [3.05, 3.63) is 71.3 Å². The third-order valence-corrected chi connectivity index (χ3v) is 5.40. The molecule has 0 radical (unpaired) electrons. The van der Waals surface area contributed by atoms with E-state index in [1.165, 1.54) is 5.56 Å². The number of hydrogen-bond acceptors (Lipinski definition) is 3. The molecular formula is C21H21N3O3. The predicted octanol–water partition coefficient (Wildman–Crippen LogP) is 2.04. The third-order valence-electron chi connectivity index (χ3n) is 5.40. The Balaban J connectivity index is 1.49. The number of carbonyl (C=O) groups excluding carboxylic acids is 3. The van der Waals surface area contributed by atoms with E-state index in [9.17, 15) is 14.4 Å². The molecule has 2 aromatic rings. The minimum Gasteiger partial charge on any atom is -0.336 e. The van der Waals surface area contributed by atoms with Gasteiger partial charge in [0.25, 0.3) is 5.91 Å². The summed E-state index contributed by atoms with van der Waals surface area (Å²) in [5, 5.41) is 2.74. The van der Waals surface area contributed by atoms with Gasteiger partial charge in [0.15, 0.2) is 0 Å². The number of amides is 4. The van der Waals surface area contributed by atoms with Crippen LogP contribution in [-0.2, 0) is 28.1 Å². The fourth-order valence-corrected chi connectivity index (χ4v) is 3.75. The minimum absolute atomic E-state index is 0.217. The van der Waals surface area contributed by atoms with Crippen molar-refractivity contribution in [2.75, 3.05) is 13.1 Å². The van der Waals surface area contributed by atoms with Gasteiger partial charge in [-0.05, 0) is 30.0 Å². The molecule has 0 spiro atoms. The maximum Gasteiger partial charge on any atom is 0.325 e. The molecule has 0 bridgehead atoms. The first-order chi connectivity index (χ1) is 13.0.